The molecule has 1 saturated carbocycles. The molecule has 2 heteroatoms. The summed E-state index contributed by atoms with van der Waals surface area (Å²) in [5.74, 6) is 0. The van der Waals surface area contributed by atoms with E-state index in [-0.39, 0.29) is 0 Å². The molecular weight excluding hydrogens is 184 g/mol. The van der Waals surface area contributed by atoms with E-state index in [1.807, 2.05) is 0 Å². The van der Waals surface area contributed by atoms with Crippen LogP contribution in [0.25, 0.3) is 0 Å². The Morgan fingerprint density at radius 2 is 1.67 bits per heavy atom. The third-order valence-electron chi connectivity index (χ3n) is 4.32. The molecule has 0 aromatic heterocycles. The van der Waals surface area contributed by atoms with Crippen LogP contribution < -0.4 is 10.6 Å². The molecule has 0 amide bonds. The van der Waals surface area contributed by atoms with Crippen molar-refractivity contribution in [1.29, 1.82) is 0 Å². The first kappa shape index (κ1) is 11.4. The quantitative estimate of drug-likeness (QED) is 0.747. The predicted octanol–water partition coefficient (Wildman–Crippen LogP) is 2.44. The van der Waals surface area contributed by atoms with E-state index in [0.29, 0.717) is 11.1 Å². The zero-order valence-electron chi connectivity index (χ0n) is 10.4. The van der Waals surface area contributed by atoms with Gasteiger partial charge in [0.25, 0.3) is 0 Å². The maximum Gasteiger partial charge on any atom is 0.0278 e. The third kappa shape index (κ3) is 2.94. The lowest BCUT2D eigenvalue weighted by molar-refractivity contribution is 0.233. The molecule has 15 heavy (non-hydrogen) atoms. The molecular formula is C13H26N2. The van der Waals surface area contributed by atoms with Crippen molar-refractivity contribution in [2.75, 3.05) is 13.1 Å². The summed E-state index contributed by atoms with van der Waals surface area (Å²) in [6.07, 6.45) is 9.62. The number of hydrogen-bond donors (Lipinski definition) is 2. The molecule has 1 saturated heterocycles. The molecule has 2 rings (SSSR count). The highest BCUT2D eigenvalue weighted by Gasteiger charge is 2.32. The van der Waals surface area contributed by atoms with Crippen molar-refractivity contribution >= 4 is 0 Å². The maximum absolute atomic E-state index is 3.81. The van der Waals surface area contributed by atoms with Crippen LogP contribution in [0.1, 0.15) is 58.8 Å². The second-order valence-electron chi connectivity index (χ2n) is 6.07. The molecule has 1 unspecified atom stereocenters. The van der Waals surface area contributed by atoms with Gasteiger partial charge >= 0.3 is 0 Å². The Bertz CT molecular complexity index is 201. The summed E-state index contributed by atoms with van der Waals surface area (Å²) >= 11 is 0. The molecule has 0 aromatic carbocycles. The highest BCUT2D eigenvalue weighted by molar-refractivity contribution is 4.94. The monoisotopic (exact) mass is 210 g/mol. The summed E-state index contributed by atoms with van der Waals surface area (Å²) in [6, 6.07) is 0. The van der Waals surface area contributed by atoms with Crippen molar-refractivity contribution in [3.05, 3.63) is 0 Å². The van der Waals surface area contributed by atoms with Crippen molar-refractivity contribution in [3.63, 3.8) is 0 Å². The molecule has 1 aliphatic carbocycles. The van der Waals surface area contributed by atoms with E-state index in [0.717, 1.165) is 6.54 Å². The summed E-state index contributed by atoms with van der Waals surface area (Å²) in [5, 5.41) is 7.48. The van der Waals surface area contributed by atoms with Crippen molar-refractivity contribution in [3.8, 4) is 0 Å². The van der Waals surface area contributed by atoms with Crippen LogP contribution in [0.15, 0.2) is 0 Å². The van der Waals surface area contributed by atoms with Gasteiger partial charge in [0.15, 0.2) is 0 Å². The smallest absolute Gasteiger partial charge is 0.0278 e. The van der Waals surface area contributed by atoms with Crippen molar-refractivity contribution in [1.82, 2.24) is 10.6 Å². The molecule has 1 atom stereocenters. The van der Waals surface area contributed by atoms with Crippen LogP contribution in [-0.2, 0) is 0 Å². The number of rotatable bonds is 3. The molecule has 2 fully saturated rings. The first-order chi connectivity index (χ1) is 7.12. The number of hydrogen-bond acceptors (Lipinski definition) is 2. The van der Waals surface area contributed by atoms with Gasteiger partial charge in [-0.25, -0.2) is 0 Å². The Morgan fingerprint density at radius 1 is 1.00 bits per heavy atom. The zero-order chi connectivity index (χ0) is 10.8. The van der Waals surface area contributed by atoms with E-state index in [1.165, 1.54) is 51.5 Å². The van der Waals surface area contributed by atoms with E-state index in [1.54, 1.807) is 0 Å². The van der Waals surface area contributed by atoms with Crippen molar-refractivity contribution in [2.24, 2.45) is 0 Å². The standard InChI is InChI=1S/C13H26N2/c1-12(7-3-4-8-12)15-11-13(2)9-5-6-10-14-13/h14-15H,3-11H2,1-2H3. The average Bonchev–Trinajstić information content (AvgIpc) is 2.65. The molecule has 0 radical (unpaired) electrons. The normalized spacial score (nSPS) is 35.6. The molecule has 2 aliphatic rings. The summed E-state index contributed by atoms with van der Waals surface area (Å²) in [7, 11) is 0. The van der Waals surface area contributed by atoms with Crippen LogP contribution in [-0.4, -0.2) is 24.2 Å². The maximum atomic E-state index is 3.81. The molecule has 2 N–H and O–H groups in total. The number of nitrogens with one attached hydrogen (secondary N) is 2. The number of piperidine rings is 1. The lowest BCUT2D eigenvalue weighted by Crippen LogP contribution is -2.56. The Kier molecular flexibility index (Phi) is 3.36. The lowest BCUT2D eigenvalue weighted by Gasteiger charge is -2.38. The van der Waals surface area contributed by atoms with Crippen molar-refractivity contribution in [2.45, 2.75) is 69.9 Å². The third-order valence-corrected chi connectivity index (χ3v) is 4.32. The fourth-order valence-corrected chi connectivity index (χ4v) is 3.01. The van der Waals surface area contributed by atoms with Gasteiger partial charge in [0.1, 0.15) is 0 Å². The first-order valence-corrected chi connectivity index (χ1v) is 6.62. The fourth-order valence-electron chi connectivity index (χ4n) is 3.01. The van der Waals surface area contributed by atoms with Gasteiger partial charge in [-0.3, -0.25) is 0 Å². The summed E-state index contributed by atoms with van der Waals surface area (Å²) in [4.78, 5) is 0. The minimum atomic E-state index is 0.351. The highest BCUT2D eigenvalue weighted by Crippen LogP contribution is 2.29. The summed E-state index contributed by atoms with van der Waals surface area (Å²) < 4.78 is 0. The van der Waals surface area contributed by atoms with Crippen LogP contribution in [0.2, 0.25) is 0 Å². The molecule has 0 spiro atoms. The van der Waals surface area contributed by atoms with E-state index >= 15 is 0 Å². The predicted molar refractivity (Wildman–Crippen MR) is 65.1 cm³/mol. The van der Waals surface area contributed by atoms with Crippen LogP contribution in [0.4, 0.5) is 0 Å². The van der Waals surface area contributed by atoms with E-state index in [2.05, 4.69) is 24.5 Å². The minimum absolute atomic E-state index is 0.351. The van der Waals surface area contributed by atoms with Crippen LogP contribution >= 0.6 is 0 Å². The van der Waals surface area contributed by atoms with Gasteiger partial charge < -0.3 is 10.6 Å². The Morgan fingerprint density at radius 3 is 2.27 bits per heavy atom. The largest absolute Gasteiger partial charge is 0.310 e. The fraction of sp³-hybridized carbons (Fsp3) is 1.00. The van der Waals surface area contributed by atoms with E-state index in [4.69, 9.17) is 0 Å². The molecule has 88 valence electrons. The summed E-state index contributed by atoms with van der Waals surface area (Å²) in [5.41, 5.74) is 0.784. The molecule has 1 aliphatic heterocycles. The second-order valence-corrected chi connectivity index (χ2v) is 6.07. The average molecular weight is 210 g/mol. The van der Waals surface area contributed by atoms with Crippen LogP contribution in [0.3, 0.4) is 0 Å². The van der Waals surface area contributed by atoms with Gasteiger partial charge in [0.05, 0.1) is 0 Å². The Labute approximate surface area is 94.2 Å². The molecule has 1 heterocycles. The van der Waals surface area contributed by atoms with Gasteiger partial charge in [-0.05, 0) is 46.1 Å². The first-order valence-electron chi connectivity index (χ1n) is 6.62. The molecule has 0 aromatic rings. The van der Waals surface area contributed by atoms with E-state index < -0.39 is 0 Å². The minimum Gasteiger partial charge on any atom is -0.310 e. The van der Waals surface area contributed by atoms with Crippen LogP contribution in [0, 0.1) is 0 Å². The molecule has 2 nitrogen and oxygen atoms in total. The topological polar surface area (TPSA) is 24.1 Å². The Hall–Kier alpha value is -0.0800. The lowest BCUT2D eigenvalue weighted by atomic mass is 9.89. The highest BCUT2D eigenvalue weighted by atomic mass is 15.1. The second kappa shape index (κ2) is 4.42. The van der Waals surface area contributed by atoms with Gasteiger partial charge in [0, 0.05) is 17.6 Å². The van der Waals surface area contributed by atoms with Gasteiger partial charge in [0.2, 0.25) is 0 Å². The summed E-state index contributed by atoms with van der Waals surface area (Å²) in [6.45, 7) is 7.11. The zero-order valence-corrected chi connectivity index (χ0v) is 10.4. The van der Waals surface area contributed by atoms with Gasteiger partial charge in [-0.2, -0.15) is 0 Å². The molecule has 0 bridgehead atoms. The van der Waals surface area contributed by atoms with Gasteiger partial charge in [-0.15, -0.1) is 0 Å². The Balaban J connectivity index is 1.80. The van der Waals surface area contributed by atoms with E-state index in [9.17, 15) is 0 Å². The van der Waals surface area contributed by atoms with Crippen molar-refractivity contribution < 1.29 is 0 Å². The van der Waals surface area contributed by atoms with Gasteiger partial charge in [-0.1, -0.05) is 19.3 Å². The van der Waals surface area contributed by atoms with Crippen LogP contribution in [0.5, 0.6) is 0 Å². The SMILES string of the molecule is CC1(NCC2(C)CCCCN2)CCCC1.